The standard InChI is InChI=1S/C17H14N6O2/c1-25-13-8-4-5-10(16(13)24)14(21-18)15-17-22-19-9-23(17)12-7-3-2-6-11(12)20-15/h2-9,24H,18H2,1H3/b21-14+. The summed E-state index contributed by atoms with van der Waals surface area (Å²) in [4.78, 5) is 4.63. The minimum Gasteiger partial charge on any atom is -0.504 e. The second kappa shape index (κ2) is 5.75. The number of benzene rings is 2. The smallest absolute Gasteiger partial charge is 0.189 e. The van der Waals surface area contributed by atoms with Crippen molar-refractivity contribution in [3.05, 3.63) is 60.0 Å². The van der Waals surface area contributed by atoms with E-state index in [-0.39, 0.29) is 5.75 Å². The summed E-state index contributed by atoms with van der Waals surface area (Å²) >= 11 is 0. The van der Waals surface area contributed by atoms with E-state index in [1.165, 1.54) is 7.11 Å². The third-order valence-corrected chi connectivity index (χ3v) is 3.96. The van der Waals surface area contributed by atoms with E-state index in [0.29, 0.717) is 28.4 Å². The van der Waals surface area contributed by atoms with Gasteiger partial charge in [0.05, 0.1) is 23.7 Å². The maximum absolute atomic E-state index is 10.5. The highest BCUT2D eigenvalue weighted by molar-refractivity contribution is 6.17. The highest BCUT2D eigenvalue weighted by Crippen LogP contribution is 2.31. The Morgan fingerprint density at radius 2 is 2.04 bits per heavy atom. The number of hydrazone groups is 1. The van der Waals surface area contributed by atoms with Crippen molar-refractivity contribution in [2.75, 3.05) is 7.11 Å². The Morgan fingerprint density at radius 3 is 2.84 bits per heavy atom. The first-order chi connectivity index (χ1) is 12.2. The van der Waals surface area contributed by atoms with Crippen LogP contribution in [0, 0.1) is 0 Å². The van der Waals surface area contributed by atoms with E-state index >= 15 is 0 Å². The van der Waals surface area contributed by atoms with Gasteiger partial charge in [0.2, 0.25) is 0 Å². The van der Waals surface area contributed by atoms with E-state index in [4.69, 9.17) is 10.6 Å². The molecule has 0 saturated heterocycles. The lowest BCUT2D eigenvalue weighted by Crippen LogP contribution is -2.12. The fraction of sp³-hybridized carbons (Fsp3) is 0.0588. The zero-order valence-corrected chi connectivity index (χ0v) is 13.3. The molecule has 8 heteroatoms. The lowest BCUT2D eigenvalue weighted by atomic mass is 10.1. The molecule has 3 N–H and O–H groups in total. The van der Waals surface area contributed by atoms with Crippen molar-refractivity contribution in [2.45, 2.75) is 0 Å². The van der Waals surface area contributed by atoms with E-state index in [9.17, 15) is 5.11 Å². The molecule has 0 spiro atoms. The summed E-state index contributed by atoms with van der Waals surface area (Å²) < 4.78 is 6.97. The number of ether oxygens (including phenoxy) is 1. The van der Waals surface area contributed by atoms with Crippen LogP contribution < -0.4 is 10.6 Å². The number of aromatic hydroxyl groups is 1. The molecule has 8 nitrogen and oxygen atoms in total. The van der Waals surface area contributed by atoms with Crippen LogP contribution in [0.1, 0.15) is 11.3 Å². The van der Waals surface area contributed by atoms with Crippen LogP contribution in [0.15, 0.2) is 53.9 Å². The first kappa shape index (κ1) is 14.9. The minimum absolute atomic E-state index is 0.0678. The highest BCUT2D eigenvalue weighted by atomic mass is 16.5. The molecule has 0 unspecified atom stereocenters. The van der Waals surface area contributed by atoms with Crippen LogP contribution in [0.3, 0.4) is 0 Å². The summed E-state index contributed by atoms with van der Waals surface area (Å²) in [5, 5.41) is 22.4. The third-order valence-electron chi connectivity index (χ3n) is 3.96. The van der Waals surface area contributed by atoms with Crippen LogP contribution in [0.2, 0.25) is 0 Å². The van der Waals surface area contributed by atoms with Gasteiger partial charge in [-0.25, -0.2) is 4.98 Å². The van der Waals surface area contributed by atoms with Crippen LogP contribution in [0.4, 0.5) is 0 Å². The molecular formula is C17H14N6O2. The topological polar surface area (TPSA) is 111 Å². The molecule has 0 aliphatic heterocycles. The van der Waals surface area contributed by atoms with Gasteiger partial charge in [-0.15, -0.1) is 10.2 Å². The van der Waals surface area contributed by atoms with Gasteiger partial charge in [-0.3, -0.25) is 4.40 Å². The molecule has 0 aliphatic rings. The number of rotatable bonds is 3. The Hall–Kier alpha value is -3.68. The molecule has 2 heterocycles. The molecule has 0 fully saturated rings. The van der Waals surface area contributed by atoms with Gasteiger partial charge in [0.15, 0.2) is 17.1 Å². The number of hydrogen-bond acceptors (Lipinski definition) is 7. The summed E-state index contributed by atoms with van der Waals surface area (Å²) in [6, 6.07) is 12.7. The molecule has 124 valence electrons. The average molecular weight is 334 g/mol. The van der Waals surface area contributed by atoms with E-state index in [0.717, 1.165) is 11.0 Å². The molecule has 0 radical (unpaired) electrons. The zero-order valence-electron chi connectivity index (χ0n) is 13.3. The SMILES string of the molecule is COc1cccc(/C(=N\N)c2nc3ccccc3n3cnnc23)c1O. The monoisotopic (exact) mass is 334 g/mol. The van der Waals surface area contributed by atoms with E-state index in [1.54, 1.807) is 28.9 Å². The minimum atomic E-state index is -0.0678. The first-order valence-corrected chi connectivity index (χ1v) is 7.47. The molecule has 2 aromatic heterocycles. The van der Waals surface area contributed by atoms with Gasteiger partial charge in [0.25, 0.3) is 0 Å². The van der Waals surface area contributed by atoms with Crippen molar-refractivity contribution in [3.63, 3.8) is 0 Å². The van der Waals surface area contributed by atoms with Crippen molar-refractivity contribution in [3.8, 4) is 11.5 Å². The predicted molar refractivity (Wildman–Crippen MR) is 92.8 cm³/mol. The normalized spacial score (nSPS) is 12.0. The number of nitrogens with two attached hydrogens (primary N) is 1. The lowest BCUT2D eigenvalue weighted by Gasteiger charge is -2.12. The molecule has 2 aromatic carbocycles. The highest BCUT2D eigenvalue weighted by Gasteiger charge is 2.21. The van der Waals surface area contributed by atoms with Gasteiger partial charge in [0, 0.05) is 0 Å². The van der Waals surface area contributed by atoms with Crippen molar-refractivity contribution >= 4 is 22.4 Å². The number of para-hydroxylation sites is 3. The zero-order chi connectivity index (χ0) is 17.4. The Morgan fingerprint density at radius 1 is 1.20 bits per heavy atom. The third kappa shape index (κ3) is 2.23. The summed E-state index contributed by atoms with van der Waals surface area (Å²) in [5.41, 5.74) is 3.19. The molecule has 0 atom stereocenters. The average Bonchev–Trinajstić information content (AvgIpc) is 3.14. The molecule has 4 rings (SSSR count). The number of methoxy groups -OCH3 is 1. The number of nitrogens with zero attached hydrogens (tertiary/aromatic N) is 5. The molecule has 4 aromatic rings. The molecule has 0 saturated carbocycles. The maximum Gasteiger partial charge on any atom is 0.189 e. The predicted octanol–water partition coefficient (Wildman–Crippen LogP) is 1.70. The number of phenols is 1. The second-order valence-corrected chi connectivity index (χ2v) is 5.31. The summed E-state index contributed by atoms with van der Waals surface area (Å²) in [7, 11) is 1.48. The summed E-state index contributed by atoms with van der Waals surface area (Å²) in [6.45, 7) is 0. The lowest BCUT2D eigenvalue weighted by molar-refractivity contribution is 0.373. The van der Waals surface area contributed by atoms with Gasteiger partial charge in [-0.05, 0) is 24.3 Å². The first-order valence-electron chi connectivity index (χ1n) is 7.47. The molecule has 25 heavy (non-hydrogen) atoms. The van der Waals surface area contributed by atoms with E-state index in [1.807, 2.05) is 24.3 Å². The van der Waals surface area contributed by atoms with Crippen molar-refractivity contribution in [2.24, 2.45) is 10.9 Å². The Balaban J connectivity index is 2.03. The van der Waals surface area contributed by atoms with Gasteiger partial charge >= 0.3 is 0 Å². The van der Waals surface area contributed by atoms with Crippen LogP contribution >= 0.6 is 0 Å². The molecule has 0 bridgehead atoms. The van der Waals surface area contributed by atoms with Crippen LogP contribution in [0.5, 0.6) is 11.5 Å². The van der Waals surface area contributed by atoms with Crippen molar-refractivity contribution in [1.29, 1.82) is 0 Å². The number of hydrogen-bond donors (Lipinski definition) is 2. The van der Waals surface area contributed by atoms with E-state index < -0.39 is 0 Å². The molecular weight excluding hydrogens is 320 g/mol. The fourth-order valence-corrected chi connectivity index (χ4v) is 2.80. The Labute approximate surface area is 142 Å². The van der Waals surface area contributed by atoms with E-state index in [2.05, 4.69) is 20.3 Å². The van der Waals surface area contributed by atoms with Crippen LogP contribution in [-0.4, -0.2) is 37.5 Å². The van der Waals surface area contributed by atoms with Crippen LogP contribution in [-0.2, 0) is 0 Å². The largest absolute Gasteiger partial charge is 0.504 e. The summed E-state index contributed by atoms with van der Waals surface area (Å²) in [6.07, 6.45) is 1.60. The summed E-state index contributed by atoms with van der Waals surface area (Å²) in [5.74, 6) is 5.89. The number of fused-ring (bicyclic) bond motifs is 3. The van der Waals surface area contributed by atoms with Gasteiger partial charge < -0.3 is 15.7 Å². The number of aromatic nitrogens is 4. The molecule has 0 amide bonds. The van der Waals surface area contributed by atoms with Crippen molar-refractivity contribution in [1.82, 2.24) is 19.6 Å². The number of phenolic OH excluding ortho intramolecular Hbond substituents is 1. The van der Waals surface area contributed by atoms with Gasteiger partial charge in [-0.2, -0.15) is 5.10 Å². The maximum atomic E-state index is 10.5. The second-order valence-electron chi connectivity index (χ2n) is 5.31. The van der Waals surface area contributed by atoms with Gasteiger partial charge in [-0.1, -0.05) is 18.2 Å². The Bertz CT molecular complexity index is 1120. The van der Waals surface area contributed by atoms with Crippen LogP contribution in [0.25, 0.3) is 16.7 Å². The van der Waals surface area contributed by atoms with Gasteiger partial charge in [0.1, 0.15) is 17.7 Å². The Kier molecular flexibility index (Phi) is 3.42. The quantitative estimate of drug-likeness (QED) is 0.335. The molecule has 0 aliphatic carbocycles. The fourth-order valence-electron chi connectivity index (χ4n) is 2.80. The van der Waals surface area contributed by atoms with Crippen molar-refractivity contribution < 1.29 is 9.84 Å².